The van der Waals surface area contributed by atoms with Gasteiger partial charge in [-0.25, -0.2) is 0 Å². The fraction of sp³-hybridized carbons (Fsp3) is 0.458. The van der Waals surface area contributed by atoms with Crippen molar-refractivity contribution in [1.29, 1.82) is 0 Å². The number of ether oxygens (including phenoxy) is 2. The van der Waals surface area contributed by atoms with Gasteiger partial charge in [0.15, 0.2) is 0 Å². The Morgan fingerprint density at radius 3 is 2.39 bits per heavy atom. The van der Waals surface area contributed by atoms with E-state index >= 15 is 0 Å². The second-order valence-electron chi connectivity index (χ2n) is 7.44. The van der Waals surface area contributed by atoms with E-state index < -0.39 is 0 Å². The van der Waals surface area contributed by atoms with E-state index in [0.29, 0.717) is 24.8 Å². The SMILES string of the molecule is CCC(c1ccccc1)C1CCCN1C(=O)CCc1cc(OC)cc(OC)c1. The van der Waals surface area contributed by atoms with E-state index in [1.165, 1.54) is 5.56 Å². The van der Waals surface area contributed by atoms with Crippen LogP contribution in [0.3, 0.4) is 0 Å². The number of aryl methyl sites for hydroxylation is 1. The zero-order valence-electron chi connectivity index (χ0n) is 17.2. The summed E-state index contributed by atoms with van der Waals surface area (Å²) in [4.78, 5) is 15.2. The van der Waals surface area contributed by atoms with Crippen molar-refractivity contribution in [3.8, 4) is 11.5 Å². The molecule has 4 heteroatoms. The zero-order chi connectivity index (χ0) is 19.9. The number of amides is 1. The van der Waals surface area contributed by atoms with Crippen LogP contribution in [0.15, 0.2) is 48.5 Å². The maximum absolute atomic E-state index is 13.1. The first-order chi connectivity index (χ1) is 13.7. The molecule has 2 atom stereocenters. The van der Waals surface area contributed by atoms with Gasteiger partial charge in [-0.05, 0) is 48.9 Å². The molecule has 2 aromatic rings. The van der Waals surface area contributed by atoms with E-state index in [-0.39, 0.29) is 5.91 Å². The molecule has 0 saturated carbocycles. The molecule has 1 fully saturated rings. The van der Waals surface area contributed by atoms with Crippen LogP contribution < -0.4 is 9.47 Å². The summed E-state index contributed by atoms with van der Waals surface area (Å²) in [6.45, 7) is 3.09. The highest BCUT2D eigenvalue weighted by Crippen LogP contribution is 2.34. The van der Waals surface area contributed by atoms with Gasteiger partial charge < -0.3 is 14.4 Å². The van der Waals surface area contributed by atoms with Crippen molar-refractivity contribution in [2.24, 2.45) is 0 Å². The Morgan fingerprint density at radius 1 is 1.11 bits per heavy atom. The molecule has 1 saturated heterocycles. The molecular formula is C24H31NO3. The Balaban J connectivity index is 1.68. The predicted octanol–water partition coefficient (Wildman–Crippen LogP) is 4.82. The lowest BCUT2D eigenvalue weighted by atomic mass is 9.87. The summed E-state index contributed by atoms with van der Waals surface area (Å²) in [6, 6.07) is 16.7. The molecule has 1 aliphatic rings. The normalized spacial score (nSPS) is 17.4. The van der Waals surface area contributed by atoms with Gasteiger partial charge in [0.1, 0.15) is 11.5 Å². The highest BCUT2D eigenvalue weighted by molar-refractivity contribution is 5.77. The molecule has 4 nitrogen and oxygen atoms in total. The number of carbonyl (C=O) groups is 1. The maximum atomic E-state index is 13.1. The molecule has 1 aliphatic heterocycles. The Kier molecular flexibility index (Phi) is 6.96. The number of benzene rings is 2. The first kappa shape index (κ1) is 20.2. The molecule has 0 aliphatic carbocycles. The topological polar surface area (TPSA) is 38.8 Å². The average Bonchev–Trinajstić information content (AvgIpc) is 3.22. The van der Waals surface area contributed by atoms with Crippen LogP contribution in [0.1, 0.15) is 49.7 Å². The molecule has 0 N–H and O–H groups in total. The third-order valence-corrected chi connectivity index (χ3v) is 5.79. The van der Waals surface area contributed by atoms with E-state index in [9.17, 15) is 4.79 Å². The lowest BCUT2D eigenvalue weighted by Crippen LogP contribution is -2.39. The fourth-order valence-electron chi connectivity index (χ4n) is 4.36. The van der Waals surface area contributed by atoms with E-state index in [2.05, 4.69) is 42.2 Å². The predicted molar refractivity (Wildman–Crippen MR) is 112 cm³/mol. The van der Waals surface area contributed by atoms with Gasteiger partial charge in [0, 0.05) is 31.0 Å². The largest absolute Gasteiger partial charge is 0.497 e. The van der Waals surface area contributed by atoms with E-state index in [0.717, 1.165) is 42.9 Å². The summed E-state index contributed by atoms with van der Waals surface area (Å²) in [6.07, 6.45) is 4.43. The van der Waals surface area contributed by atoms with E-state index in [4.69, 9.17) is 9.47 Å². The molecule has 0 spiro atoms. The summed E-state index contributed by atoms with van der Waals surface area (Å²) in [5.74, 6) is 2.18. The van der Waals surface area contributed by atoms with Crippen LogP contribution in [-0.4, -0.2) is 37.6 Å². The quantitative estimate of drug-likeness (QED) is 0.658. The summed E-state index contributed by atoms with van der Waals surface area (Å²) in [5.41, 5.74) is 2.41. The molecule has 1 heterocycles. The van der Waals surface area contributed by atoms with Crippen molar-refractivity contribution in [1.82, 2.24) is 4.90 Å². The van der Waals surface area contributed by atoms with Gasteiger partial charge in [-0.3, -0.25) is 4.79 Å². The van der Waals surface area contributed by atoms with Crippen LogP contribution >= 0.6 is 0 Å². The van der Waals surface area contributed by atoms with Crippen LogP contribution in [0.4, 0.5) is 0 Å². The summed E-state index contributed by atoms with van der Waals surface area (Å²) >= 11 is 0. The second-order valence-corrected chi connectivity index (χ2v) is 7.44. The summed E-state index contributed by atoms with van der Waals surface area (Å²) in [5, 5.41) is 0. The highest BCUT2D eigenvalue weighted by atomic mass is 16.5. The molecule has 3 rings (SSSR count). The molecule has 28 heavy (non-hydrogen) atoms. The van der Waals surface area contributed by atoms with E-state index in [1.807, 2.05) is 18.2 Å². The number of carbonyl (C=O) groups excluding carboxylic acids is 1. The van der Waals surface area contributed by atoms with Crippen molar-refractivity contribution in [3.63, 3.8) is 0 Å². The van der Waals surface area contributed by atoms with Crippen LogP contribution in [0, 0.1) is 0 Å². The molecule has 0 radical (unpaired) electrons. The van der Waals surface area contributed by atoms with Crippen LogP contribution in [-0.2, 0) is 11.2 Å². The number of likely N-dealkylation sites (tertiary alicyclic amines) is 1. The average molecular weight is 382 g/mol. The van der Waals surface area contributed by atoms with Gasteiger partial charge in [-0.15, -0.1) is 0 Å². The summed E-state index contributed by atoms with van der Waals surface area (Å²) < 4.78 is 10.7. The van der Waals surface area contributed by atoms with Gasteiger partial charge >= 0.3 is 0 Å². The van der Waals surface area contributed by atoms with E-state index in [1.54, 1.807) is 14.2 Å². The Morgan fingerprint density at radius 2 is 1.79 bits per heavy atom. The van der Waals surface area contributed by atoms with Crippen LogP contribution in [0.2, 0.25) is 0 Å². The number of hydrogen-bond acceptors (Lipinski definition) is 3. The molecule has 0 bridgehead atoms. The Hall–Kier alpha value is -2.49. The Labute approximate surface area is 168 Å². The second kappa shape index (κ2) is 9.63. The Bertz CT molecular complexity index is 752. The maximum Gasteiger partial charge on any atom is 0.223 e. The van der Waals surface area contributed by atoms with Crippen molar-refractivity contribution in [2.75, 3.05) is 20.8 Å². The first-order valence-corrected chi connectivity index (χ1v) is 10.2. The van der Waals surface area contributed by atoms with Crippen molar-refractivity contribution < 1.29 is 14.3 Å². The highest BCUT2D eigenvalue weighted by Gasteiger charge is 2.34. The van der Waals surface area contributed by atoms with Crippen molar-refractivity contribution in [3.05, 3.63) is 59.7 Å². The minimum atomic E-state index is 0.249. The lowest BCUT2D eigenvalue weighted by molar-refractivity contribution is -0.132. The summed E-state index contributed by atoms with van der Waals surface area (Å²) in [7, 11) is 3.29. The molecule has 1 amide bonds. The van der Waals surface area contributed by atoms with Gasteiger partial charge in [0.05, 0.1) is 14.2 Å². The molecule has 150 valence electrons. The monoisotopic (exact) mass is 381 g/mol. The number of nitrogens with zero attached hydrogens (tertiary/aromatic N) is 1. The third kappa shape index (κ3) is 4.67. The van der Waals surface area contributed by atoms with Crippen LogP contribution in [0.25, 0.3) is 0 Å². The number of methoxy groups -OCH3 is 2. The third-order valence-electron chi connectivity index (χ3n) is 5.79. The van der Waals surface area contributed by atoms with Crippen molar-refractivity contribution >= 4 is 5.91 Å². The minimum Gasteiger partial charge on any atom is -0.497 e. The molecule has 2 aromatic carbocycles. The first-order valence-electron chi connectivity index (χ1n) is 10.2. The number of rotatable bonds is 8. The van der Waals surface area contributed by atoms with Crippen LogP contribution in [0.5, 0.6) is 11.5 Å². The van der Waals surface area contributed by atoms with Gasteiger partial charge in [0.25, 0.3) is 0 Å². The minimum absolute atomic E-state index is 0.249. The molecule has 0 aromatic heterocycles. The molecular weight excluding hydrogens is 350 g/mol. The zero-order valence-corrected chi connectivity index (χ0v) is 17.2. The van der Waals surface area contributed by atoms with Gasteiger partial charge in [-0.1, -0.05) is 37.3 Å². The fourth-order valence-corrected chi connectivity index (χ4v) is 4.36. The number of hydrogen-bond donors (Lipinski definition) is 0. The van der Waals surface area contributed by atoms with Gasteiger partial charge in [0.2, 0.25) is 5.91 Å². The lowest BCUT2D eigenvalue weighted by Gasteiger charge is -2.32. The standard InChI is InChI=1S/C24H31NO3/c1-4-22(19-9-6-5-7-10-19)23-11-8-14-25(23)24(26)13-12-18-15-20(27-2)17-21(16-18)28-3/h5-7,9-10,15-17,22-23H,4,8,11-14H2,1-3H3. The smallest absolute Gasteiger partial charge is 0.223 e. The van der Waals surface area contributed by atoms with Crippen molar-refractivity contribution in [2.45, 2.75) is 51.0 Å². The van der Waals surface area contributed by atoms with Gasteiger partial charge in [-0.2, -0.15) is 0 Å². The molecule has 2 unspecified atom stereocenters.